The molecule has 0 saturated heterocycles. The molecule has 1 heterocycles. The lowest BCUT2D eigenvalue weighted by Crippen LogP contribution is -2.20. The molecule has 18 heavy (non-hydrogen) atoms. The molecule has 1 N–H and O–H groups in total. The summed E-state index contributed by atoms with van der Waals surface area (Å²) < 4.78 is 0. The van der Waals surface area contributed by atoms with Crippen LogP contribution in [-0.4, -0.2) is 11.0 Å². The van der Waals surface area contributed by atoms with Gasteiger partial charge in [-0.2, -0.15) is 5.26 Å². The molecular formula is C15H13N3. The van der Waals surface area contributed by atoms with Crippen molar-refractivity contribution in [1.29, 1.82) is 5.26 Å². The molecule has 3 nitrogen and oxygen atoms in total. The Hall–Kier alpha value is -2.34. The highest BCUT2D eigenvalue weighted by Gasteiger charge is 2.20. The quantitative estimate of drug-likeness (QED) is 0.870. The maximum Gasteiger partial charge on any atom is 0.126 e. The van der Waals surface area contributed by atoms with Gasteiger partial charge in [-0.1, -0.05) is 24.3 Å². The summed E-state index contributed by atoms with van der Waals surface area (Å²) in [6.45, 7) is 0. The van der Waals surface area contributed by atoms with Crippen molar-refractivity contribution in [2.24, 2.45) is 0 Å². The van der Waals surface area contributed by atoms with Gasteiger partial charge >= 0.3 is 0 Å². The lowest BCUT2D eigenvalue weighted by molar-refractivity contribution is 0.769. The first-order valence-electron chi connectivity index (χ1n) is 6.04. The van der Waals surface area contributed by atoms with E-state index in [0.717, 1.165) is 18.7 Å². The van der Waals surface area contributed by atoms with Crippen molar-refractivity contribution in [3.8, 4) is 6.07 Å². The van der Waals surface area contributed by atoms with E-state index >= 15 is 0 Å². The molecule has 1 aromatic heterocycles. The Kier molecular flexibility index (Phi) is 2.70. The van der Waals surface area contributed by atoms with Crippen molar-refractivity contribution in [2.45, 2.75) is 18.9 Å². The number of hydrogen-bond donors (Lipinski definition) is 1. The molecule has 88 valence electrons. The molecule has 0 aliphatic heterocycles. The van der Waals surface area contributed by atoms with Crippen molar-refractivity contribution in [1.82, 2.24) is 4.98 Å². The highest BCUT2D eigenvalue weighted by Crippen LogP contribution is 2.23. The first-order valence-corrected chi connectivity index (χ1v) is 6.04. The van der Waals surface area contributed by atoms with Crippen LogP contribution in [0.5, 0.6) is 0 Å². The topological polar surface area (TPSA) is 48.7 Å². The normalized spacial score (nSPS) is 13.9. The van der Waals surface area contributed by atoms with Crippen LogP contribution in [0.1, 0.15) is 16.7 Å². The maximum atomic E-state index is 8.72. The predicted molar refractivity (Wildman–Crippen MR) is 70.2 cm³/mol. The smallest absolute Gasteiger partial charge is 0.126 e. The summed E-state index contributed by atoms with van der Waals surface area (Å²) in [5.41, 5.74) is 3.43. The third-order valence-corrected chi connectivity index (χ3v) is 3.30. The molecule has 0 saturated carbocycles. The summed E-state index contributed by atoms with van der Waals surface area (Å²) in [6.07, 6.45) is 3.68. The average Bonchev–Trinajstić information content (AvgIpc) is 2.82. The van der Waals surface area contributed by atoms with Crippen molar-refractivity contribution in [3.05, 3.63) is 59.3 Å². The fourth-order valence-electron chi connectivity index (χ4n) is 2.42. The summed E-state index contributed by atoms with van der Waals surface area (Å²) in [4.78, 5) is 4.24. The highest BCUT2D eigenvalue weighted by atomic mass is 15.0. The third kappa shape index (κ3) is 2.05. The molecule has 2 aromatic rings. The van der Waals surface area contributed by atoms with Crippen LogP contribution in [0.25, 0.3) is 0 Å². The molecule has 0 bridgehead atoms. The highest BCUT2D eigenvalue weighted by molar-refractivity contribution is 5.43. The van der Waals surface area contributed by atoms with Crippen LogP contribution in [0, 0.1) is 11.3 Å². The molecule has 0 radical (unpaired) electrons. The van der Waals surface area contributed by atoms with Crippen LogP contribution in [0.2, 0.25) is 0 Å². The molecule has 0 fully saturated rings. The number of pyridine rings is 1. The van der Waals surface area contributed by atoms with Crippen molar-refractivity contribution >= 4 is 5.82 Å². The fraction of sp³-hybridized carbons (Fsp3) is 0.200. The van der Waals surface area contributed by atoms with Crippen LogP contribution in [0.3, 0.4) is 0 Å². The second-order valence-electron chi connectivity index (χ2n) is 4.56. The number of fused-ring (bicyclic) bond motifs is 1. The van der Waals surface area contributed by atoms with Gasteiger partial charge in [0.25, 0.3) is 0 Å². The third-order valence-electron chi connectivity index (χ3n) is 3.30. The molecule has 3 heteroatoms. The van der Waals surface area contributed by atoms with Gasteiger partial charge in [0.05, 0.1) is 5.56 Å². The SMILES string of the molecule is N#Cc1ccc(NC2Cc3ccccc3C2)nc1. The van der Waals surface area contributed by atoms with Crippen molar-refractivity contribution < 1.29 is 0 Å². The van der Waals surface area contributed by atoms with Crippen LogP contribution >= 0.6 is 0 Å². The molecule has 0 amide bonds. The first kappa shape index (κ1) is 10.8. The molecule has 1 aliphatic carbocycles. The van der Waals surface area contributed by atoms with Gasteiger partial charge in [-0.05, 0) is 36.1 Å². The second kappa shape index (κ2) is 4.50. The van der Waals surface area contributed by atoms with Gasteiger partial charge in [-0.15, -0.1) is 0 Å². The predicted octanol–water partition coefficient (Wildman–Crippen LogP) is 2.53. The van der Waals surface area contributed by atoms with E-state index in [-0.39, 0.29) is 0 Å². The van der Waals surface area contributed by atoms with E-state index < -0.39 is 0 Å². The lowest BCUT2D eigenvalue weighted by Gasteiger charge is -2.12. The second-order valence-corrected chi connectivity index (χ2v) is 4.56. The largest absolute Gasteiger partial charge is 0.367 e. The van der Waals surface area contributed by atoms with Gasteiger partial charge in [0.1, 0.15) is 11.9 Å². The van der Waals surface area contributed by atoms with E-state index in [2.05, 4.69) is 40.6 Å². The first-order chi connectivity index (χ1) is 8.85. The Morgan fingerprint density at radius 2 is 1.83 bits per heavy atom. The zero-order chi connectivity index (χ0) is 12.4. The number of hydrogen-bond acceptors (Lipinski definition) is 3. The number of aromatic nitrogens is 1. The van der Waals surface area contributed by atoms with Gasteiger partial charge in [-0.3, -0.25) is 0 Å². The van der Waals surface area contributed by atoms with Crippen LogP contribution in [0.15, 0.2) is 42.6 Å². The minimum absolute atomic E-state index is 0.405. The van der Waals surface area contributed by atoms with E-state index in [1.807, 2.05) is 6.07 Å². The minimum atomic E-state index is 0.405. The fourth-order valence-corrected chi connectivity index (χ4v) is 2.42. The summed E-state index contributed by atoms with van der Waals surface area (Å²) in [6, 6.07) is 14.7. The van der Waals surface area contributed by atoms with Gasteiger partial charge in [0.15, 0.2) is 0 Å². The van der Waals surface area contributed by atoms with E-state index in [1.54, 1.807) is 12.3 Å². The molecule has 3 rings (SSSR count). The maximum absolute atomic E-state index is 8.72. The van der Waals surface area contributed by atoms with E-state index in [0.29, 0.717) is 11.6 Å². The number of nitrogens with one attached hydrogen (secondary N) is 1. The van der Waals surface area contributed by atoms with Crippen molar-refractivity contribution in [3.63, 3.8) is 0 Å². The Bertz CT molecular complexity index is 571. The molecule has 1 aromatic carbocycles. The number of rotatable bonds is 2. The summed E-state index contributed by atoms with van der Waals surface area (Å²) >= 11 is 0. The van der Waals surface area contributed by atoms with Gasteiger partial charge in [0.2, 0.25) is 0 Å². The van der Waals surface area contributed by atoms with E-state index in [4.69, 9.17) is 5.26 Å². The Balaban J connectivity index is 1.70. The molecule has 0 atom stereocenters. The molecule has 0 unspecified atom stereocenters. The van der Waals surface area contributed by atoms with Gasteiger partial charge < -0.3 is 5.32 Å². The molecular weight excluding hydrogens is 222 g/mol. The Labute approximate surface area is 106 Å². The molecule has 1 aliphatic rings. The van der Waals surface area contributed by atoms with E-state index in [9.17, 15) is 0 Å². The van der Waals surface area contributed by atoms with Gasteiger partial charge in [0, 0.05) is 12.2 Å². The summed E-state index contributed by atoms with van der Waals surface area (Å²) in [7, 11) is 0. The number of anilines is 1. The van der Waals surface area contributed by atoms with E-state index in [1.165, 1.54) is 11.1 Å². The number of benzene rings is 1. The van der Waals surface area contributed by atoms with Gasteiger partial charge in [-0.25, -0.2) is 4.98 Å². The number of nitrogens with zero attached hydrogens (tertiary/aromatic N) is 2. The van der Waals surface area contributed by atoms with Crippen LogP contribution in [-0.2, 0) is 12.8 Å². The molecule has 0 spiro atoms. The average molecular weight is 235 g/mol. The number of nitriles is 1. The van der Waals surface area contributed by atoms with Crippen molar-refractivity contribution in [2.75, 3.05) is 5.32 Å². The van der Waals surface area contributed by atoms with Crippen LogP contribution in [0.4, 0.5) is 5.82 Å². The summed E-state index contributed by atoms with van der Waals surface area (Å²) in [5, 5.41) is 12.1. The monoisotopic (exact) mass is 235 g/mol. The van der Waals surface area contributed by atoms with Crippen LogP contribution < -0.4 is 5.32 Å². The Morgan fingerprint density at radius 3 is 2.39 bits per heavy atom. The standard InChI is InChI=1S/C15H13N3/c16-9-11-5-6-15(17-10-11)18-14-7-12-3-1-2-4-13(12)8-14/h1-6,10,14H,7-8H2,(H,17,18). The lowest BCUT2D eigenvalue weighted by atomic mass is 10.1. The zero-order valence-electron chi connectivity index (χ0n) is 9.93. The minimum Gasteiger partial charge on any atom is -0.367 e. The Morgan fingerprint density at radius 1 is 1.11 bits per heavy atom. The zero-order valence-corrected chi connectivity index (χ0v) is 9.93. The summed E-state index contributed by atoms with van der Waals surface area (Å²) in [5.74, 6) is 0.840.